The number of unbranched alkanes of at least 4 members (excludes halogenated alkanes) is 1. The van der Waals surface area contributed by atoms with E-state index in [2.05, 4.69) is 6.92 Å². The molecule has 2 aromatic rings. The topological polar surface area (TPSA) is 61.1 Å². The first-order chi connectivity index (χ1) is 14.0. The number of benzene rings is 2. The van der Waals surface area contributed by atoms with Crippen molar-refractivity contribution in [2.45, 2.75) is 62.7 Å². The molecule has 3 rings (SSSR count). The molecule has 1 aliphatic rings. The first-order valence-corrected chi connectivity index (χ1v) is 11.1. The molecule has 0 aliphatic heterocycles. The number of aromatic carboxylic acids is 1. The second-order valence-electron chi connectivity index (χ2n) is 7.77. The Hall–Kier alpha value is -2.32. The molecule has 0 spiro atoms. The second-order valence-corrected chi connectivity index (χ2v) is 8.60. The van der Waals surface area contributed by atoms with Crippen LogP contribution >= 0.6 is 11.8 Å². The minimum absolute atomic E-state index is 0.173. The highest BCUT2D eigenvalue weighted by Gasteiger charge is 2.28. The van der Waals surface area contributed by atoms with Crippen LogP contribution < -0.4 is 0 Å². The average Bonchev–Trinajstić information content (AvgIpc) is 2.73. The van der Waals surface area contributed by atoms with Gasteiger partial charge in [-0.1, -0.05) is 44.4 Å². The second kappa shape index (κ2) is 9.93. The lowest BCUT2D eigenvalue weighted by molar-refractivity contribution is 0.0694. The summed E-state index contributed by atoms with van der Waals surface area (Å²) in [6, 6.07) is 10.1. The molecule has 1 N–H and O–H groups in total. The van der Waals surface area contributed by atoms with Crippen LogP contribution in [0.2, 0.25) is 0 Å². The maximum absolute atomic E-state index is 14.4. The highest BCUT2D eigenvalue weighted by Crippen LogP contribution is 2.43. The standard InChI is InChI=1S/C24H26FNO2S/c1-2-3-5-16-8-10-17(11-9-16)23-19(6-4-7-20(23)24(27)28)18-12-13-22(29-15-26)21(25)14-18/h4,6-7,12-14,16-17H,2-3,5,8-11H2,1H3,(H,27,28)/t16-,17-. The zero-order chi connectivity index (χ0) is 20.8. The minimum Gasteiger partial charge on any atom is -0.478 e. The van der Waals surface area contributed by atoms with Crippen molar-refractivity contribution in [1.82, 2.24) is 0 Å². The predicted octanol–water partition coefficient (Wildman–Crippen LogP) is 7.23. The molecule has 2 aromatic carbocycles. The third-order valence-corrected chi connectivity index (χ3v) is 6.60. The molecule has 152 valence electrons. The Labute approximate surface area is 175 Å². The molecule has 0 radical (unpaired) electrons. The largest absolute Gasteiger partial charge is 0.478 e. The molecule has 1 saturated carbocycles. The van der Waals surface area contributed by atoms with Crippen LogP contribution in [0.5, 0.6) is 0 Å². The number of thioether (sulfide) groups is 1. The summed E-state index contributed by atoms with van der Waals surface area (Å²) in [6.07, 6.45) is 7.87. The van der Waals surface area contributed by atoms with Crippen molar-refractivity contribution < 1.29 is 14.3 Å². The molecule has 0 aromatic heterocycles. The van der Waals surface area contributed by atoms with Crippen molar-refractivity contribution in [3.8, 4) is 16.5 Å². The predicted molar refractivity (Wildman–Crippen MR) is 114 cm³/mol. The monoisotopic (exact) mass is 411 g/mol. The quantitative estimate of drug-likeness (QED) is 0.386. The van der Waals surface area contributed by atoms with Crippen molar-refractivity contribution in [1.29, 1.82) is 5.26 Å². The van der Waals surface area contributed by atoms with Crippen LogP contribution in [0.3, 0.4) is 0 Å². The fraction of sp³-hybridized carbons (Fsp3) is 0.417. The minimum atomic E-state index is -0.938. The van der Waals surface area contributed by atoms with E-state index in [0.717, 1.165) is 54.5 Å². The van der Waals surface area contributed by atoms with E-state index in [1.54, 1.807) is 24.3 Å². The van der Waals surface area contributed by atoms with Gasteiger partial charge in [-0.3, -0.25) is 0 Å². The Morgan fingerprint density at radius 2 is 2.00 bits per heavy atom. The van der Waals surface area contributed by atoms with Crippen molar-refractivity contribution in [3.63, 3.8) is 0 Å². The lowest BCUT2D eigenvalue weighted by Gasteiger charge is -2.31. The summed E-state index contributed by atoms with van der Waals surface area (Å²) in [7, 11) is 0. The molecule has 3 nitrogen and oxygen atoms in total. The van der Waals surface area contributed by atoms with Gasteiger partial charge in [0.15, 0.2) is 0 Å². The summed E-state index contributed by atoms with van der Waals surface area (Å²) in [4.78, 5) is 12.2. The zero-order valence-corrected chi connectivity index (χ0v) is 17.5. The number of hydrogen-bond donors (Lipinski definition) is 1. The van der Waals surface area contributed by atoms with Crippen molar-refractivity contribution in [2.75, 3.05) is 0 Å². The van der Waals surface area contributed by atoms with E-state index in [0.29, 0.717) is 11.1 Å². The maximum atomic E-state index is 14.4. The maximum Gasteiger partial charge on any atom is 0.335 e. The number of carboxylic acid groups (broad SMARTS) is 1. The summed E-state index contributed by atoms with van der Waals surface area (Å²) in [5, 5.41) is 20.5. The number of hydrogen-bond acceptors (Lipinski definition) is 3. The summed E-state index contributed by atoms with van der Waals surface area (Å²) in [5.74, 6) is -0.492. The van der Waals surface area contributed by atoms with Gasteiger partial charge < -0.3 is 5.11 Å². The van der Waals surface area contributed by atoms with E-state index in [1.807, 2.05) is 11.5 Å². The Balaban J connectivity index is 1.96. The first-order valence-electron chi connectivity index (χ1n) is 10.3. The Morgan fingerprint density at radius 3 is 2.62 bits per heavy atom. The van der Waals surface area contributed by atoms with Gasteiger partial charge in [0.25, 0.3) is 0 Å². The SMILES string of the molecule is CCCC[C@H]1CC[C@H](c2c(C(=O)O)cccc2-c2ccc(SC#N)c(F)c2)CC1. The zero-order valence-electron chi connectivity index (χ0n) is 16.7. The number of carboxylic acids is 1. The highest BCUT2D eigenvalue weighted by molar-refractivity contribution is 8.03. The van der Waals surface area contributed by atoms with E-state index >= 15 is 0 Å². The van der Waals surface area contributed by atoms with Crippen LogP contribution in [0.15, 0.2) is 41.3 Å². The molecular formula is C24H26FNO2S. The normalized spacial score (nSPS) is 18.9. The van der Waals surface area contributed by atoms with E-state index in [-0.39, 0.29) is 10.8 Å². The highest BCUT2D eigenvalue weighted by atomic mass is 32.2. The van der Waals surface area contributed by atoms with Gasteiger partial charge in [0.05, 0.1) is 10.5 Å². The van der Waals surface area contributed by atoms with E-state index in [4.69, 9.17) is 5.26 Å². The van der Waals surface area contributed by atoms with Crippen molar-refractivity contribution in [2.24, 2.45) is 5.92 Å². The molecule has 0 heterocycles. The van der Waals surface area contributed by atoms with Gasteiger partial charge in [0.1, 0.15) is 11.2 Å². The summed E-state index contributed by atoms with van der Waals surface area (Å²) < 4.78 is 14.4. The molecule has 0 saturated heterocycles. The van der Waals surface area contributed by atoms with Crippen molar-refractivity contribution >= 4 is 17.7 Å². The molecular weight excluding hydrogens is 385 g/mol. The fourth-order valence-corrected chi connectivity index (χ4v) is 4.87. The van der Waals surface area contributed by atoms with E-state index in [9.17, 15) is 14.3 Å². The third-order valence-electron chi connectivity index (χ3n) is 5.96. The smallest absolute Gasteiger partial charge is 0.335 e. The van der Waals surface area contributed by atoms with Crippen LogP contribution in [0.25, 0.3) is 11.1 Å². The number of nitriles is 1. The summed E-state index contributed by atoms with van der Waals surface area (Å²) in [6.45, 7) is 2.21. The molecule has 5 heteroatoms. The van der Waals surface area contributed by atoms with Gasteiger partial charge in [-0.25, -0.2) is 9.18 Å². The van der Waals surface area contributed by atoms with Crippen LogP contribution in [-0.4, -0.2) is 11.1 Å². The number of nitrogens with zero attached hydrogens (tertiary/aromatic N) is 1. The van der Waals surface area contributed by atoms with Gasteiger partial charge in [-0.05, 0) is 84.2 Å². The van der Waals surface area contributed by atoms with Crippen LogP contribution in [0, 0.1) is 22.4 Å². The van der Waals surface area contributed by atoms with Gasteiger partial charge in [-0.15, -0.1) is 0 Å². The number of thiocyanates is 1. The van der Waals surface area contributed by atoms with E-state index < -0.39 is 11.8 Å². The molecule has 0 bridgehead atoms. The average molecular weight is 412 g/mol. The number of halogens is 1. The molecule has 1 fully saturated rings. The third kappa shape index (κ3) is 5.00. The lowest BCUT2D eigenvalue weighted by Crippen LogP contribution is -2.17. The van der Waals surface area contributed by atoms with Crippen LogP contribution in [-0.2, 0) is 0 Å². The molecule has 0 amide bonds. The lowest BCUT2D eigenvalue weighted by atomic mass is 9.74. The number of carbonyl (C=O) groups is 1. The first kappa shape index (κ1) is 21.4. The molecule has 0 atom stereocenters. The summed E-state index contributed by atoms with van der Waals surface area (Å²) in [5.41, 5.74) is 2.59. The van der Waals surface area contributed by atoms with Crippen molar-refractivity contribution in [3.05, 3.63) is 53.3 Å². The Kier molecular flexibility index (Phi) is 7.33. The Bertz CT molecular complexity index is 914. The van der Waals surface area contributed by atoms with Gasteiger partial charge in [0, 0.05) is 0 Å². The Morgan fingerprint density at radius 1 is 1.24 bits per heavy atom. The summed E-state index contributed by atoms with van der Waals surface area (Å²) >= 11 is 0.789. The molecule has 0 unspecified atom stereocenters. The van der Waals surface area contributed by atoms with Gasteiger partial charge in [-0.2, -0.15) is 5.26 Å². The molecule has 29 heavy (non-hydrogen) atoms. The van der Waals surface area contributed by atoms with E-state index in [1.165, 1.54) is 25.3 Å². The fourth-order valence-electron chi connectivity index (χ4n) is 4.48. The molecule has 1 aliphatic carbocycles. The van der Waals surface area contributed by atoms with Gasteiger partial charge in [0.2, 0.25) is 0 Å². The number of rotatable bonds is 7. The van der Waals surface area contributed by atoms with Crippen LogP contribution in [0.1, 0.15) is 73.7 Å². The van der Waals surface area contributed by atoms with Crippen LogP contribution in [0.4, 0.5) is 4.39 Å². The van der Waals surface area contributed by atoms with Gasteiger partial charge >= 0.3 is 5.97 Å².